The molecular formula is C8H15N2+. The van der Waals surface area contributed by atoms with E-state index >= 15 is 0 Å². The van der Waals surface area contributed by atoms with E-state index in [1.54, 1.807) is 0 Å². The summed E-state index contributed by atoms with van der Waals surface area (Å²) >= 11 is 0. The molecule has 2 heteroatoms. The number of nitrogens with zero attached hydrogens (tertiary/aromatic N) is 1. The third-order valence-electron chi connectivity index (χ3n) is 2.82. The standard InChI is InChI=1S/C8H15N2/c1-10(9)6-7-2-4-8(10)5-3-7/h2,4,7-8H,3,5-6,9H2,1H3/q+1/t7-,8+,10-/m1/s1. The Morgan fingerprint density at radius 3 is 2.40 bits per heavy atom. The number of quaternary nitrogens is 1. The van der Waals surface area contributed by atoms with Gasteiger partial charge >= 0.3 is 0 Å². The summed E-state index contributed by atoms with van der Waals surface area (Å²) in [5.41, 5.74) is 0. The molecule has 3 atom stereocenters. The first kappa shape index (κ1) is 6.38. The lowest BCUT2D eigenvalue weighted by atomic mass is 9.86. The van der Waals surface area contributed by atoms with Crippen LogP contribution in [0.3, 0.4) is 0 Å². The second kappa shape index (κ2) is 1.83. The Morgan fingerprint density at radius 1 is 1.40 bits per heavy atom. The van der Waals surface area contributed by atoms with Crippen LogP contribution in [0, 0.1) is 5.92 Å². The molecule has 0 amide bonds. The maximum absolute atomic E-state index is 6.05. The Hall–Kier alpha value is -0.340. The van der Waals surface area contributed by atoms with Crippen molar-refractivity contribution < 1.29 is 4.59 Å². The summed E-state index contributed by atoms with van der Waals surface area (Å²) in [5, 5.41) is 0. The van der Waals surface area contributed by atoms with E-state index in [9.17, 15) is 0 Å². The molecular weight excluding hydrogens is 124 g/mol. The van der Waals surface area contributed by atoms with E-state index in [1.165, 1.54) is 12.8 Å². The van der Waals surface area contributed by atoms with Crippen molar-refractivity contribution in [2.45, 2.75) is 18.9 Å². The van der Waals surface area contributed by atoms with Crippen LogP contribution in [0.5, 0.6) is 0 Å². The molecule has 2 N–H and O–H groups in total. The topological polar surface area (TPSA) is 26.0 Å². The largest absolute Gasteiger partial charge is 0.245 e. The first-order valence-electron chi connectivity index (χ1n) is 4.00. The molecule has 56 valence electrons. The predicted octanol–water partition coefficient (Wildman–Crippen LogP) is 0.655. The third-order valence-corrected chi connectivity index (χ3v) is 2.82. The van der Waals surface area contributed by atoms with Crippen LogP contribution < -0.4 is 5.84 Å². The van der Waals surface area contributed by atoms with E-state index in [4.69, 9.17) is 5.84 Å². The zero-order valence-corrected chi connectivity index (χ0v) is 6.46. The normalized spacial score (nSPS) is 51.8. The molecule has 0 unspecified atom stereocenters. The second-order valence-electron chi connectivity index (χ2n) is 3.82. The molecule has 0 spiro atoms. The van der Waals surface area contributed by atoms with Gasteiger partial charge in [0.05, 0.1) is 7.05 Å². The molecule has 0 aromatic carbocycles. The average molecular weight is 139 g/mol. The second-order valence-corrected chi connectivity index (χ2v) is 3.82. The summed E-state index contributed by atoms with van der Waals surface area (Å²) in [5.74, 6) is 6.81. The molecule has 0 saturated carbocycles. The van der Waals surface area contributed by atoms with Gasteiger partial charge < -0.3 is 0 Å². The number of hydrogen-bond donors (Lipinski definition) is 1. The minimum Gasteiger partial charge on any atom is -0.245 e. The lowest BCUT2D eigenvalue weighted by Gasteiger charge is -2.44. The molecule has 0 aromatic heterocycles. The van der Waals surface area contributed by atoms with Crippen molar-refractivity contribution in [1.29, 1.82) is 0 Å². The van der Waals surface area contributed by atoms with Gasteiger partial charge in [-0.2, -0.15) is 5.84 Å². The van der Waals surface area contributed by atoms with Gasteiger partial charge in [-0.25, -0.2) is 4.59 Å². The number of nitrogens with two attached hydrogens (primary N) is 1. The zero-order chi connectivity index (χ0) is 7.19. The van der Waals surface area contributed by atoms with Gasteiger partial charge in [0.2, 0.25) is 0 Å². The molecule has 3 rings (SSSR count). The maximum atomic E-state index is 6.05. The smallest absolute Gasteiger partial charge is 0.125 e. The minimum atomic E-state index is 0.602. The van der Waals surface area contributed by atoms with Crippen molar-refractivity contribution in [1.82, 2.24) is 0 Å². The van der Waals surface area contributed by atoms with Gasteiger partial charge in [-0.05, 0) is 12.5 Å². The monoisotopic (exact) mass is 139 g/mol. The molecule has 1 saturated heterocycles. The number of fused-ring (bicyclic) bond motifs is 2. The van der Waals surface area contributed by atoms with Crippen molar-refractivity contribution in [3.05, 3.63) is 12.2 Å². The highest BCUT2D eigenvalue weighted by Gasteiger charge is 2.38. The fourth-order valence-electron chi connectivity index (χ4n) is 2.15. The Labute approximate surface area is 61.9 Å². The van der Waals surface area contributed by atoms with Gasteiger partial charge in [-0.15, -0.1) is 0 Å². The summed E-state index contributed by atoms with van der Waals surface area (Å²) < 4.78 is 0.723. The molecule has 0 aromatic rings. The summed E-state index contributed by atoms with van der Waals surface area (Å²) in [6.07, 6.45) is 7.26. The highest BCUT2D eigenvalue weighted by Crippen LogP contribution is 2.30. The Bertz CT molecular complexity index is 172. The van der Waals surface area contributed by atoms with Crippen LogP contribution >= 0.6 is 0 Å². The van der Waals surface area contributed by atoms with Crippen LogP contribution in [0.1, 0.15) is 12.8 Å². The SMILES string of the molecule is C[N@@+]1(N)C[C@@H]2C=C[C@H]1CC2. The van der Waals surface area contributed by atoms with E-state index in [2.05, 4.69) is 19.2 Å². The summed E-state index contributed by atoms with van der Waals surface area (Å²) in [6, 6.07) is 0.602. The Morgan fingerprint density at radius 2 is 2.20 bits per heavy atom. The molecule has 10 heavy (non-hydrogen) atoms. The molecule has 2 heterocycles. The lowest BCUT2D eigenvalue weighted by Crippen LogP contribution is -2.63. The van der Waals surface area contributed by atoms with Crippen LogP contribution in [0.2, 0.25) is 0 Å². The van der Waals surface area contributed by atoms with Crippen molar-refractivity contribution >= 4 is 0 Å². The molecule has 2 aliphatic heterocycles. The minimum absolute atomic E-state index is 0.602. The number of rotatable bonds is 0. The van der Waals surface area contributed by atoms with Crippen molar-refractivity contribution in [2.75, 3.05) is 13.6 Å². The highest BCUT2D eigenvalue weighted by molar-refractivity contribution is 5.02. The zero-order valence-electron chi connectivity index (χ0n) is 6.46. The molecule has 3 aliphatic rings. The fourth-order valence-corrected chi connectivity index (χ4v) is 2.15. The number of hydrogen-bond acceptors (Lipinski definition) is 1. The van der Waals surface area contributed by atoms with Gasteiger partial charge in [-0.1, -0.05) is 6.08 Å². The van der Waals surface area contributed by atoms with E-state index in [0.717, 1.165) is 17.1 Å². The van der Waals surface area contributed by atoms with Gasteiger partial charge in [0.1, 0.15) is 12.6 Å². The van der Waals surface area contributed by atoms with E-state index in [-0.39, 0.29) is 0 Å². The van der Waals surface area contributed by atoms with Gasteiger partial charge in [0.25, 0.3) is 0 Å². The lowest BCUT2D eigenvalue weighted by molar-refractivity contribution is -0.947. The summed E-state index contributed by atoms with van der Waals surface area (Å²) in [4.78, 5) is 0. The van der Waals surface area contributed by atoms with Crippen LogP contribution in [0.4, 0.5) is 0 Å². The number of piperidine rings is 1. The van der Waals surface area contributed by atoms with Crippen LogP contribution in [-0.4, -0.2) is 24.2 Å². The molecule has 2 bridgehead atoms. The van der Waals surface area contributed by atoms with Crippen molar-refractivity contribution in [3.63, 3.8) is 0 Å². The Kier molecular flexibility index (Phi) is 1.17. The molecule has 1 aliphatic carbocycles. The fraction of sp³-hybridized carbons (Fsp3) is 0.750. The van der Waals surface area contributed by atoms with Gasteiger partial charge in [0, 0.05) is 12.3 Å². The average Bonchev–Trinajstić information content (AvgIpc) is 1.87. The van der Waals surface area contributed by atoms with E-state index in [1.807, 2.05) is 0 Å². The Balaban J connectivity index is 2.27. The van der Waals surface area contributed by atoms with Gasteiger partial charge in [-0.3, -0.25) is 0 Å². The molecule has 1 fully saturated rings. The van der Waals surface area contributed by atoms with E-state index in [0.29, 0.717) is 6.04 Å². The summed E-state index contributed by atoms with van der Waals surface area (Å²) in [7, 11) is 2.13. The summed E-state index contributed by atoms with van der Waals surface area (Å²) in [6.45, 7) is 1.14. The van der Waals surface area contributed by atoms with Crippen molar-refractivity contribution in [2.24, 2.45) is 11.8 Å². The maximum Gasteiger partial charge on any atom is 0.125 e. The molecule has 2 nitrogen and oxygen atoms in total. The number of likely N-dealkylation sites (N-methyl/N-ethyl adjacent to an activating group) is 1. The first-order valence-corrected chi connectivity index (χ1v) is 4.00. The van der Waals surface area contributed by atoms with Gasteiger partial charge in [0.15, 0.2) is 0 Å². The van der Waals surface area contributed by atoms with Crippen LogP contribution in [0.25, 0.3) is 0 Å². The quantitative estimate of drug-likeness (QED) is 0.298. The van der Waals surface area contributed by atoms with Crippen LogP contribution in [0.15, 0.2) is 12.2 Å². The predicted molar refractivity (Wildman–Crippen MR) is 40.9 cm³/mol. The third kappa shape index (κ3) is 0.796. The van der Waals surface area contributed by atoms with Crippen LogP contribution in [-0.2, 0) is 0 Å². The molecule has 0 radical (unpaired) electrons. The highest BCUT2D eigenvalue weighted by atomic mass is 15.6. The first-order chi connectivity index (χ1) is 4.68. The van der Waals surface area contributed by atoms with Crippen molar-refractivity contribution in [3.8, 4) is 0 Å². The van der Waals surface area contributed by atoms with E-state index < -0.39 is 0 Å².